The van der Waals surface area contributed by atoms with E-state index in [1.165, 1.54) is 0 Å². The van der Waals surface area contributed by atoms with Crippen LogP contribution in [0.15, 0.2) is 30.3 Å². The molecule has 2 N–H and O–H groups in total. The van der Waals surface area contributed by atoms with Crippen LogP contribution in [0.5, 0.6) is 0 Å². The van der Waals surface area contributed by atoms with Crippen molar-refractivity contribution in [2.75, 3.05) is 0 Å². The van der Waals surface area contributed by atoms with E-state index in [9.17, 15) is 19.2 Å². The summed E-state index contributed by atoms with van der Waals surface area (Å²) in [6.45, 7) is 1.00. The van der Waals surface area contributed by atoms with Gasteiger partial charge in [0, 0.05) is 13.3 Å². The topological polar surface area (TPSA) is 109 Å². The van der Waals surface area contributed by atoms with Gasteiger partial charge >= 0.3 is 11.9 Å². The van der Waals surface area contributed by atoms with Crippen LogP contribution >= 0.6 is 0 Å². The number of carbonyl (C=O) groups is 4. The van der Waals surface area contributed by atoms with Crippen molar-refractivity contribution in [2.24, 2.45) is 0 Å². The van der Waals surface area contributed by atoms with Gasteiger partial charge in [0.15, 0.2) is 0 Å². The van der Waals surface area contributed by atoms with Crippen molar-refractivity contribution < 1.29 is 29.4 Å². The highest BCUT2D eigenvalue weighted by Gasteiger charge is 2.10. The van der Waals surface area contributed by atoms with Gasteiger partial charge in [-0.2, -0.15) is 0 Å². The van der Waals surface area contributed by atoms with Crippen LogP contribution < -0.4 is 0 Å². The van der Waals surface area contributed by atoms with Crippen LogP contribution in [-0.2, 0) is 25.6 Å². The third kappa shape index (κ3) is 6.89. The van der Waals surface area contributed by atoms with Crippen LogP contribution in [0, 0.1) is 0 Å². The second-order valence-electron chi connectivity index (χ2n) is 3.25. The molecular weight excluding hydrogens is 240 g/mol. The van der Waals surface area contributed by atoms with E-state index in [1.54, 1.807) is 24.3 Å². The maximum absolute atomic E-state index is 10.7. The molecule has 1 aromatic rings. The monoisotopic (exact) mass is 252 g/mol. The Morgan fingerprint density at radius 3 is 1.72 bits per heavy atom. The SMILES string of the molecule is CC(=O)C(=O)O.O=C(O)C(=O)Cc1ccccc1. The fourth-order valence-electron chi connectivity index (χ4n) is 0.857. The molecule has 0 heterocycles. The minimum atomic E-state index is -1.38. The van der Waals surface area contributed by atoms with Gasteiger partial charge in [-0.25, -0.2) is 9.59 Å². The summed E-state index contributed by atoms with van der Waals surface area (Å²) in [5.74, 6) is -4.36. The second kappa shape index (κ2) is 7.72. The molecule has 18 heavy (non-hydrogen) atoms. The molecule has 0 spiro atoms. The Morgan fingerprint density at radius 2 is 1.39 bits per heavy atom. The Bertz CT molecular complexity index is 437. The predicted molar refractivity (Wildman–Crippen MR) is 61.1 cm³/mol. The van der Waals surface area contributed by atoms with Crippen LogP contribution in [0.4, 0.5) is 0 Å². The van der Waals surface area contributed by atoms with Crippen molar-refractivity contribution in [3.63, 3.8) is 0 Å². The average molecular weight is 252 g/mol. The molecular formula is C12H12O6. The van der Waals surface area contributed by atoms with Gasteiger partial charge in [-0.15, -0.1) is 0 Å². The van der Waals surface area contributed by atoms with Crippen molar-refractivity contribution in [3.8, 4) is 0 Å². The van der Waals surface area contributed by atoms with Gasteiger partial charge in [-0.3, -0.25) is 9.59 Å². The number of carboxylic acids is 2. The highest BCUT2D eigenvalue weighted by molar-refractivity contribution is 6.33. The molecule has 0 aromatic heterocycles. The molecule has 0 saturated carbocycles. The predicted octanol–water partition coefficient (Wildman–Crippen LogP) is 0.543. The molecule has 0 aliphatic carbocycles. The standard InChI is InChI=1S/C9H8O3.C3H4O3/c10-8(9(11)12)6-7-4-2-1-3-5-7;1-2(4)3(5)6/h1-5H,6H2,(H,11,12);1H3,(H,5,6). The lowest BCUT2D eigenvalue weighted by molar-refractivity contribution is -0.148. The zero-order valence-electron chi connectivity index (χ0n) is 9.62. The molecule has 0 unspecified atom stereocenters. The second-order valence-corrected chi connectivity index (χ2v) is 3.25. The van der Waals surface area contributed by atoms with Crippen LogP contribution in [0.3, 0.4) is 0 Å². The first-order valence-corrected chi connectivity index (χ1v) is 4.88. The third-order valence-electron chi connectivity index (χ3n) is 1.75. The molecule has 6 heteroatoms. The van der Waals surface area contributed by atoms with Crippen LogP contribution in [-0.4, -0.2) is 33.7 Å². The number of hydrogen-bond donors (Lipinski definition) is 2. The Kier molecular flexibility index (Phi) is 6.65. The average Bonchev–Trinajstić information content (AvgIpc) is 2.30. The van der Waals surface area contributed by atoms with E-state index in [0.29, 0.717) is 0 Å². The molecule has 1 rings (SSSR count). The molecule has 0 bridgehead atoms. The van der Waals surface area contributed by atoms with Gasteiger partial charge in [-0.05, 0) is 5.56 Å². The zero-order valence-corrected chi connectivity index (χ0v) is 9.62. The summed E-state index contributed by atoms with van der Waals surface area (Å²) < 4.78 is 0. The van der Waals surface area contributed by atoms with E-state index < -0.39 is 23.5 Å². The maximum atomic E-state index is 10.7. The smallest absolute Gasteiger partial charge is 0.372 e. The van der Waals surface area contributed by atoms with E-state index in [0.717, 1.165) is 12.5 Å². The molecule has 1 aromatic carbocycles. The van der Waals surface area contributed by atoms with E-state index in [2.05, 4.69) is 0 Å². The first-order valence-electron chi connectivity index (χ1n) is 4.88. The van der Waals surface area contributed by atoms with Crippen LogP contribution in [0.2, 0.25) is 0 Å². The van der Waals surface area contributed by atoms with Gasteiger partial charge in [0.25, 0.3) is 0 Å². The maximum Gasteiger partial charge on any atom is 0.372 e. The quantitative estimate of drug-likeness (QED) is 0.757. The normalized spacial score (nSPS) is 8.72. The van der Waals surface area contributed by atoms with Crippen molar-refractivity contribution >= 4 is 23.5 Å². The van der Waals surface area contributed by atoms with E-state index >= 15 is 0 Å². The molecule has 0 amide bonds. The molecule has 0 fully saturated rings. The number of carboxylic acid groups (broad SMARTS) is 2. The molecule has 0 atom stereocenters. The largest absolute Gasteiger partial charge is 0.476 e. The van der Waals surface area contributed by atoms with Crippen molar-refractivity contribution in [1.29, 1.82) is 0 Å². The molecule has 0 aliphatic rings. The summed E-state index contributed by atoms with van der Waals surface area (Å²) in [6, 6.07) is 8.80. The van der Waals surface area contributed by atoms with Gasteiger partial charge in [0.2, 0.25) is 11.6 Å². The number of ketones is 2. The third-order valence-corrected chi connectivity index (χ3v) is 1.75. The zero-order chi connectivity index (χ0) is 14.1. The lowest BCUT2D eigenvalue weighted by Gasteiger charge is -1.94. The number of aliphatic carboxylic acids is 2. The minimum Gasteiger partial charge on any atom is -0.476 e. The lowest BCUT2D eigenvalue weighted by Crippen LogP contribution is -2.14. The Morgan fingerprint density at radius 1 is 0.944 bits per heavy atom. The van der Waals surface area contributed by atoms with Crippen molar-refractivity contribution in [3.05, 3.63) is 35.9 Å². The Hall–Kier alpha value is -2.50. The van der Waals surface area contributed by atoms with Gasteiger partial charge in [0.1, 0.15) is 0 Å². The Balaban J connectivity index is 0.000000411. The fourth-order valence-corrected chi connectivity index (χ4v) is 0.857. The summed E-state index contributed by atoms with van der Waals surface area (Å²) in [5, 5.41) is 15.9. The lowest BCUT2D eigenvalue weighted by atomic mass is 10.1. The highest BCUT2D eigenvalue weighted by atomic mass is 16.4. The summed E-state index contributed by atoms with van der Waals surface area (Å²) in [5.41, 5.74) is 0.727. The van der Waals surface area contributed by atoms with Gasteiger partial charge in [0.05, 0.1) is 0 Å². The van der Waals surface area contributed by atoms with Gasteiger partial charge in [-0.1, -0.05) is 30.3 Å². The Labute approximate surface area is 103 Å². The van der Waals surface area contributed by atoms with Crippen molar-refractivity contribution in [2.45, 2.75) is 13.3 Å². The summed E-state index contributed by atoms with van der Waals surface area (Å²) >= 11 is 0. The van der Waals surface area contributed by atoms with Crippen LogP contribution in [0.1, 0.15) is 12.5 Å². The molecule has 6 nitrogen and oxygen atoms in total. The molecule has 0 radical (unpaired) electrons. The molecule has 0 saturated heterocycles. The van der Waals surface area contributed by atoms with E-state index in [4.69, 9.17) is 10.2 Å². The number of carbonyl (C=O) groups excluding carboxylic acids is 2. The van der Waals surface area contributed by atoms with Crippen LogP contribution in [0.25, 0.3) is 0 Å². The first-order chi connectivity index (χ1) is 8.34. The first kappa shape index (κ1) is 15.5. The van der Waals surface area contributed by atoms with Gasteiger partial charge < -0.3 is 10.2 Å². The van der Waals surface area contributed by atoms with E-state index in [-0.39, 0.29) is 6.42 Å². The van der Waals surface area contributed by atoms with E-state index in [1.807, 2.05) is 6.07 Å². The van der Waals surface area contributed by atoms with Crippen molar-refractivity contribution in [1.82, 2.24) is 0 Å². The number of rotatable bonds is 4. The number of hydrogen-bond acceptors (Lipinski definition) is 4. The summed E-state index contributed by atoms with van der Waals surface area (Å²) in [6.07, 6.45) is -0.0316. The number of Topliss-reactive ketones (excluding diaryl/α,β-unsaturated/α-hetero) is 2. The highest BCUT2D eigenvalue weighted by Crippen LogP contribution is 1.99. The number of benzene rings is 1. The molecule has 0 aliphatic heterocycles. The summed E-state index contributed by atoms with van der Waals surface area (Å²) in [4.78, 5) is 39.8. The fraction of sp³-hybridized carbons (Fsp3) is 0.167. The summed E-state index contributed by atoms with van der Waals surface area (Å²) in [7, 11) is 0. The molecule has 96 valence electrons. The minimum absolute atomic E-state index is 0.0316.